The number of benzene rings is 1. The smallest absolute Gasteiger partial charge is 0.140 e. The van der Waals surface area contributed by atoms with Crippen LogP contribution in [0.1, 0.15) is 5.01 Å². The second kappa shape index (κ2) is 5.64. The van der Waals surface area contributed by atoms with Crippen LogP contribution in [0.4, 0.5) is 5.82 Å². The van der Waals surface area contributed by atoms with Gasteiger partial charge >= 0.3 is 0 Å². The molecule has 0 saturated carbocycles. The largest absolute Gasteiger partial charge is 0.395 e. The quantitative estimate of drug-likeness (QED) is 0.537. The van der Waals surface area contributed by atoms with Gasteiger partial charge in [-0.25, -0.2) is 9.97 Å². The van der Waals surface area contributed by atoms with Crippen LogP contribution in [0.2, 0.25) is 0 Å². The Bertz CT molecular complexity index is 989. The Hall–Kier alpha value is -2.44. The Morgan fingerprint density at radius 1 is 1.22 bits per heavy atom. The standard InChI is InChI=1S/C17H16N4OS/c1-10-20-14-8-11(2-3-15(14)23-10)13-9-16(18-6-7-22)21-17-12(13)4-5-19-17/h2-5,8-9,22H,6-7H2,1H3,(H2,18,19,21). The molecule has 0 aliphatic carbocycles. The highest BCUT2D eigenvalue weighted by Gasteiger charge is 2.10. The molecule has 0 atom stereocenters. The number of nitrogens with one attached hydrogen (secondary N) is 2. The molecular formula is C17H16N4OS. The number of anilines is 1. The zero-order valence-electron chi connectivity index (χ0n) is 12.6. The van der Waals surface area contributed by atoms with Crippen molar-refractivity contribution in [3.05, 3.63) is 41.5 Å². The van der Waals surface area contributed by atoms with Crippen molar-refractivity contribution in [1.82, 2.24) is 15.0 Å². The predicted octanol–water partition coefficient (Wildman–Crippen LogP) is 3.55. The van der Waals surface area contributed by atoms with Gasteiger partial charge < -0.3 is 15.4 Å². The van der Waals surface area contributed by atoms with Crippen LogP contribution in [0, 0.1) is 6.92 Å². The number of aliphatic hydroxyl groups excluding tert-OH is 1. The Balaban J connectivity index is 1.88. The van der Waals surface area contributed by atoms with E-state index in [0.717, 1.165) is 38.5 Å². The summed E-state index contributed by atoms with van der Waals surface area (Å²) >= 11 is 1.71. The van der Waals surface area contributed by atoms with Gasteiger partial charge in [-0.1, -0.05) is 6.07 Å². The van der Waals surface area contributed by atoms with E-state index in [-0.39, 0.29) is 6.61 Å². The molecule has 0 radical (unpaired) electrons. The van der Waals surface area contributed by atoms with Crippen molar-refractivity contribution in [3.8, 4) is 11.1 Å². The zero-order valence-corrected chi connectivity index (χ0v) is 13.4. The summed E-state index contributed by atoms with van der Waals surface area (Å²) in [4.78, 5) is 12.3. The Labute approximate surface area is 137 Å². The summed E-state index contributed by atoms with van der Waals surface area (Å²) in [5.41, 5.74) is 4.07. The van der Waals surface area contributed by atoms with Crippen LogP contribution in [-0.2, 0) is 0 Å². The van der Waals surface area contributed by atoms with Crippen LogP contribution in [0.3, 0.4) is 0 Å². The highest BCUT2D eigenvalue weighted by molar-refractivity contribution is 7.18. The van der Waals surface area contributed by atoms with Gasteiger partial charge in [-0.15, -0.1) is 11.3 Å². The van der Waals surface area contributed by atoms with Gasteiger partial charge in [0, 0.05) is 18.1 Å². The maximum atomic E-state index is 9.00. The number of nitrogens with zero attached hydrogens (tertiary/aromatic N) is 2. The van der Waals surface area contributed by atoms with Gasteiger partial charge in [0.2, 0.25) is 0 Å². The molecule has 4 aromatic rings. The van der Waals surface area contributed by atoms with E-state index in [2.05, 4.69) is 38.5 Å². The van der Waals surface area contributed by atoms with Crippen molar-refractivity contribution < 1.29 is 5.11 Å². The van der Waals surface area contributed by atoms with Gasteiger partial charge in [0.25, 0.3) is 0 Å². The average molecular weight is 324 g/mol. The first kappa shape index (κ1) is 14.2. The van der Waals surface area contributed by atoms with Crippen LogP contribution < -0.4 is 5.32 Å². The van der Waals surface area contributed by atoms with E-state index in [9.17, 15) is 0 Å². The molecule has 0 aliphatic heterocycles. The van der Waals surface area contributed by atoms with Crippen molar-refractivity contribution in [1.29, 1.82) is 0 Å². The third-order valence-electron chi connectivity index (χ3n) is 3.75. The molecule has 3 N–H and O–H groups in total. The minimum absolute atomic E-state index is 0.0733. The van der Waals surface area contributed by atoms with E-state index >= 15 is 0 Å². The maximum absolute atomic E-state index is 9.00. The van der Waals surface area contributed by atoms with E-state index in [0.29, 0.717) is 6.54 Å². The van der Waals surface area contributed by atoms with E-state index in [1.54, 1.807) is 11.3 Å². The van der Waals surface area contributed by atoms with Crippen molar-refractivity contribution >= 4 is 38.4 Å². The minimum Gasteiger partial charge on any atom is -0.395 e. The van der Waals surface area contributed by atoms with Crippen molar-refractivity contribution in [2.75, 3.05) is 18.5 Å². The number of thiazole rings is 1. The molecule has 6 heteroatoms. The number of hydrogen-bond acceptors (Lipinski definition) is 5. The van der Waals surface area contributed by atoms with Crippen molar-refractivity contribution in [2.45, 2.75) is 6.92 Å². The number of rotatable bonds is 4. The lowest BCUT2D eigenvalue weighted by atomic mass is 10.0. The molecule has 0 unspecified atom stereocenters. The molecule has 0 aliphatic rings. The highest BCUT2D eigenvalue weighted by Crippen LogP contribution is 2.33. The average Bonchev–Trinajstić information content (AvgIpc) is 3.16. The van der Waals surface area contributed by atoms with Crippen LogP contribution in [0.5, 0.6) is 0 Å². The maximum Gasteiger partial charge on any atom is 0.140 e. The number of fused-ring (bicyclic) bond motifs is 2. The van der Waals surface area contributed by atoms with Crippen LogP contribution in [0.25, 0.3) is 32.4 Å². The molecule has 3 aromatic heterocycles. The lowest BCUT2D eigenvalue weighted by Crippen LogP contribution is -2.07. The number of pyridine rings is 1. The second-order valence-corrected chi connectivity index (χ2v) is 6.60. The number of aromatic nitrogens is 3. The summed E-state index contributed by atoms with van der Waals surface area (Å²) < 4.78 is 1.20. The van der Waals surface area contributed by atoms with Crippen molar-refractivity contribution in [3.63, 3.8) is 0 Å². The summed E-state index contributed by atoms with van der Waals surface area (Å²) in [6, 6.07) is 10.4. The first-order valence-corrected chi connectivity index (χ1v) is 8.27. The highest BCUT2D eigenvalue weighted by atomic mass is 32.1. The van der Waals surface area contributed by atoms with Gasteiger partial charge in [0.15, 0.2) is 0 Å². The van der Waals surface area contributed by atoms with E-state index in [1.807, 2.05) is 25.3 Å². The molecule has 1 aromatic carbocycles. The predicted molar refractivity (Wildman–Crippen MR) is 95.0 cm³/mol. The minimum atomic E-state index is 0.0733. The number of aliphatic hydroxyl groups is 1. The van der Waals surface area contributed by atoms with Gasteiger partial charge in [-0.3, -0.25) is 0 Å². The zero-order chi connectivity index (χ0) is 15.8. The topological polar surface area (TPSA) is 73.8 Å². The van der Waals surface area contributed by atoms with Gasteiger partial charge in [-0.05, 0) is 42.3 Å². The summed E-state index contributed by atoms with van der Waals surface area (Å²) in [5, 5.41) is 14.3. The molecule has 116 valence electrons. The summed E-state index contributed by atoms with van der Waals surface area (Å²) in [6.45, 7) is 2.57. The third kappa shape index (κ3) is 2.56. The van der Waals surface area contributed by atoms with Gasteiger partial charge in [0.1, 0.15) is 11.5 Å². The molecular weight excluding hydrogens is 308 g/mol. The summed E-state index contributed by atoms with van der Waals surface area (Å²) in [7, 11) is 0. The number of aryl methyl sites for hydroxylation is 1. The molecule has 4 rings (SSSR count). The monoisotopic (exact) mass is 324 g/mol. The number of H-pyrrole nitrogens is 1. The Kier molecular flexibility index (Phi) is 3.48. The second-order valence-electron chi connectivity index (χ2n) is 5.36. The van der Waals surface area contributed by atoms with Gasteiger partial charge in [-0.2, -0.15) is 0 Å². The molecule has 0 fully saturated rings. The Morgan fingerprint density at radius 3 is 3.00 bits per heavy atom. The van der Waals surface area contributed by atoms with Crippen LogP contribution in [-0.4, -0.2) is 33.2 Å². The fourth-order valence-electron chi connectivity index (χ4n) is 2.76. The molecule has 3 heterocycles. The van der Waals surface area contributed by atoms with E-state index in [4.69, 9.17) is 5.11 Å². The van der Waals surface area contributed by atoms with E-state index < -0.39 is 0 Å². The summed E-state index contributed by atoms with van der Waals surface area (Å²) in [6.07, 6.45) is 1.89. The van der Waals surface area contributed by atoms with Crippen molar-refractivity contribution in [2.24, 2.45) is 0 Å². The van der Waals surface area contributed by atoms with Gasteiger partial charge in [0.05, 0.1) is 21.8 Å². The molecule has 23 heavy (non-hydrogen) atoms. The molecule has 0 saturated heterocycles. The fourth-order valence-corrected chi connectivity index (χ4v) is 3.57. The Morgan fingerprint density at radius 2 is 2.13 bits per heavy atom. The molecule has 5 nitrogen and oxygen atoms in total. The van der Waals surface area contributed by atoms with Crippen LogP contribution in [0.15, 0.2) is 36.5 Å². The fraction of sp³-hybridized carbons (Fsp3) is 0.176. The molecule has 0 spiro atoms. The lowest BCUT2D eigenvalue weighted by molar-refractivity contribution is 0.311. The number of hydrogen-bond donors (Lipinski definition) is 3. The first-order chi connectivity index (χ1) is 11.2. The lowest BCUT2D eigenvalue weighted by Gasteiger charge is -2.09. The number of aromatic amines is 1. The molecule has 0 bridgehead atoms. The van der Waals surface area contributed by atoms with E-state index in [1.165, 1.54) is 4.70 Å². The normalized spacial score (nSPS) is 11.4. The van der Waals surface area contributed by atoms with Crippen LogP contribution >= 0.6 is 11.3 Å². The SMILES string of the molecule is Cc1nc2cc(-c3cc(NCCO)nc4[nH]ccc34)ccc2s1. The first-order valence-electron chi connectivity index (χ1n) is 7.45. The third-order valence-corrected chi connectivity index (χ3v) is 4.70. The summed E-state index contributed by atoms with van der Waals surface area (Å²) in [5.74, 6) is 0.749. The molecule has 0 amide bonds.